The van der Waals surface area contributed by atoms with Crippen LogP contribution in [-0.4, -0.2) is 18.9 Å². The topological polar surface area (TPSA) is 35.1 Å². The SMILES string of the molecule is c1ccc(-c2ccc(-c3nc(-n4c5ccc6ccccc6c5c5c6c7ccccc7n7c8ccccc8c(cc54)c67)c4sc5ccccc5c4n3)cc2)cc1. The highest BCUT2D eigenvalue weighted by atomic mass is 32.1. The molecule has 0 unspecified atom stereocenters. The molecule has 5 aromatic heterocycles. The van der Waals surface area contributed by atoms with Crippen LogP contribution in [-0.2, 0) is 0 Å². The van der Waals surface area contributed by atoms with Crippen LogP contribution in [0.4, 0.5) is 0 Å². The summed E-state index contributed by atoms with van der Waals surface area (Å²) >= 11 is 1.78. The summed E-state index contributed by atoms with van der Waals surface area (Å²) in [5, 5.41) is 11.2. The number of rotatable bonds is 3. The maximum absolute atomic E-state index is 5.59. The number of nitrogens with zero attached hydrogens (tertiary/aromatic N) is 4. The highest BCUT2D eigenvalue weighted by Gasteiger charge is 2.27. The van der Waals surface area contributed by atoms with Gasteiger partial charge in [0.2, 0.25) is 0 Å². The van der Waals surface area contributed by atoms with Crippen LogP contribution in [0.2, 0.25) is 0 Å². The van der Waals surface area contributed by atoms with Gasteiger partial charge in [-0.05, 0) is 52.2 Å². The minimum Gasteiger partial charge on any atom is -0.308 e. The number of hydrogen-bond donors (Lipinski definition) is 0. The lowest BCUT2D eigenvalue weighted by Gasteiger charge is -2.12. The molecular weight excluding hydrogens is 689 g/mol. The van der Waals surface area contributed by atoms with Gasteiger partial charge in [-0.1, -0.05) is 140 Å². The zero-order valence-corrected chi connectivity index (χ0v) is 30.2. The predicted molar refractivity (Wildman–Crippen MR) is 232 cm³/mol. The number of benzene rings is 8. The van der Waals surface area contributed by atoms with Gasteiger partial charge in [-0.3, -0.25) is 4.57 Å². The molecule has 8 aromatic carbocycles. The second-order valence-corrected chi connectivity index (χ2v) is 15.6. The lowest BCUT2D eigenvalue weighted by molar-refractivity contribution is 1.08. The van der Waals surface area contributed by atoms with E-state index in [1.54, 1.807) is 11.3 Å². The molecule has 0 atom stereocenters. The third kappa shape index (κ3) is 3.89. The molecule has 254 valence electrons. The molecule has 0 fully saturated rings. The second kappa shape index (κ2) is 10.8. The smallest absolute Gasteiger partial charge is 0.162 e. The van der Waals surface area contributed by atoms with Crippen molar-refractivity contribution in [1.29, 1.82) is 0 Å². The minimum absolute atomic E-state index is 0.717. The molecule has 5 heteroatoms. The van der Waals surface area contributed by atoms with Gasteiger partial charge in [0.05, 0.1) is 37.8 Å². The van der Waals surface area contributed by atoms with Gasteiger partial charge in [-0.15, -0.1) is 11.3 Å². The van der Waals surface area contributed by atoms with Crippen LogP contribution in [0.15, 0.2) is 170 Å². The van der Waals surface area contributed by atoms with Gasteiger partial charge in [0, 0.05) is 48.0 Å². The summed E-state index contributed by atoms with van der Waals surface area (Å²) in [5.74, 6) is 1.62. The number of para-hydroxylation sites is 2. The molecule has 0 spiro atoms. The first-order valence-electron chi connectivity index (χ1n) is 18.7. The van der Waals surface area contributed by atoms with Crippen LogP contribution in [0.25, 0.3) is 119 Å². The average molecular weight is 717 g/mol. The van der Waals surface area contributed by atoms with E-state index >= 15 is 0 Å². The van der Waals surface area contributed by atoms with Crippen molar-refractivity contribution in [2.75, 3.05) is 0 Å². The highest BCUT2D eigenvalue weighted by Crippen LogP contribution is 2.49. The van der Waals surface area contributed by atoms with E-state index in [1.807, 2.05) is 0 Å². The van der Waals surface area contributed by atoms with Crippen molar-refractivity contribution < 1.29 is 0 Å². The Morgan fingerprint density at radius 1 is 0.418 bits per heavy atom. The molecule has 0 saturated carbocycles. The third-order valence-electron chi connectivity index (χ3n) is 11.7. The fourth-order valence-corrected chi connectivity index (χ4v) is 10.4. The van der Waals surface area contributed by atoms with Crippen molar-refractivity contribution in [2.24, 2.45) is 0 Å². The van der Waals surface area contributed by atoms with E-state index in [4.69, 9.17) is 9.97 Å². The highest BCUT2D eigenvalue weighted by molar-refractivity contribution is 7.26. The first-order valence-corrected chi connectivity index (χ1v) is 19.5. The normalized spacial score (nSPS) is 12.4. The maximum Gasteiger partial charge on any atom is 0.162 e. The minimum atomic E-state index is 0.717. The van der Waals surface area contributed by atoms with Crippen LogP contribution >= 0.6 is 11.3 Å². The molecule has 0 aliphatic rings. The number of aromatic nitrogens is 4. The van der Waals surface area contributed by atoms with E-state index in [0.29, 0.717) is 5.82 Å². The molecular formula is C50H28N4S. The zero-order chi connectivity index (χ0) is 35.8. The van der Waals surface area contributed by atoms with Crippen molar-refractivity contribution in [1.82, 2.24) is 18.9 Å². The second-order valence-electron chi connectivity index (χ2n) is 14.5. The van der Waals surface area contributed by atoms with Gasteiger partial charge in [0.1, 0.15) is 0 Å². The molecule has 0 bridgehead atoms. The molecule has 0 amide bonds. The van der Waals surface area contributed by atoms with Gasteiger partial charge in [0.15, 0.2) is 11.6 Å². The third-order valence-corrected chi connectivity index (χ3v) is 12.8. The quantitative estimate of drug-likeness (QED) is 0.182. The monoisotopic (exact) mass is 716 g/mol. The Hall–Kier alpha value is -7.08. The summed E-state index contributed by atoms with van der Waals surface area (Å²) in [7, 11) is 0. The van der Waals surface area contributed by atoms with Crippen molar-refractivity contribution >= 4 is 102 Å². The zero-order valence-electron chi connectivity index (χ0n) is 29.4. The Balaban J connectivity index is 1.23. The first kappa shape index (κ1) is 29.4. The van der Waals surface area contributed by atoms with E-state index in [1.165, 1.54) is 75.5 Å². The van der Waals surface area contributed by atoms with Crippen LogP contribution in [0, 0.1) is 0 Å². The van der Waals surface area contributed by atoms with E-state index in [9.17, 15) is 0 Å². The summed E-state index contributed by atoms with van der Waals surface area (Å²) in [4.78, 5) is 10.9. The van der Waals surface area contributed by atoms with Gasteiger partial charge < -0.3 is 4.40 Å². The van der Waals surface area contributed by atoms with Crippen LogP contribution in [0.3, 0.4) is 0 Å². The lowest BCUT2D eigenvalue weighted by Crippen LogP contribution is -2.01. The van der Waals surface area contributed by atoms with Gasteiger partial charge in [-0.25, -0.2) is 9.97 Å². The number of fused-ring (bicyclic) bond motifs is 15. The van der Waals surface area contributed by atoms with Gasteiger partial charge in [0.25, 0.3) is 0 Å². The number of hydrogen-bond acceptors (Lipinski definition) is 3. The fourth-order valence-electron chi connectivity index (χ4n) is 9.30. The molecule has 5 heterocycles. The fraction of sp³-hybridized carbons (Fsp3) is 0. The number of thiophene rings is 1. The van der Waals surface area contributed by atoms with Crippen LogP contribution in [0.5, 0.6) is 0 Å². The molecule has 13 aromatic rings. The predicted octanol–water partition coefficient (Wildman–Crippen LogP) is 13.6. The standard InChI is InChI=1S/C50H28N4S/c1-2-12-29(13-3-1)30-22-24-32(25-23-30)49-51-46-36-18-8-11-21-42(36)55-48(46)50(52-49)54-40-27-26-31-14-4-5-15-33(31)43(40)45-41(54)28-37-34-16-6-9-19-38(34)53-39-20-10-7-17-35(39)44(45)47(37)53/h1-28H. The van der Waals surface area contributed by atoms with Crippen molar-refractivity contribution in [3.05, 3.63) is 170 Å². The summed E-state index contributed by atoms with van der Waals surface area (Å²) in [6, 6.07) is 61.4. The van der Waals surface area contributed by atoms with Crippen molar-refractivity contribution in [3.63, 3.8) is 0 Å². The molecule has 0 radical (unpaired) electrons. The summed E-state index contributed by atoms with van der Waals surface area (Å²) in [6.07, 6.45) is 0. The Bertz CT molecular complexity index is 3700. The lowest BCUT2D eigenvalue weighted by atomic mass is 9.99. The Labute approximate surface area is 318 Å². The maximum atomic E-state index is 5.59. The molecule has 0 saturated heterocycles. The average Bonchev–Trinajstić information content (AvgIpc) is 3.99. The summed E-state index contributed by atoms with van der Waals surface area (Å²) in [5.41, 5.74) is 10.4. The largest absolute Gasteiger partial charge is 0.308 e. The summed E-state index contributed by atoms with van der Waals surface area (Å²) < 4.78 is 7.21. The van der Waals surface area contributed by atoms with Crippen LogP contribution in [0.1, 0.15) is 0 Å². The van der Waals surface area contributed by atoms with Gasteiger partial charge >= 0.3 is 0 Å². The Kier molecular flexibility index (Phi) is 5.74. The molecule has 55 heavy (non-hydrogen) atoms. The van der Waals surface area contributed by atoms with E-state index in [-0.39, 0.29) is 0 Å². The summed E-state index contributed by atoms with van der Waals surface area (Å²) in [6.45, 7) is 0. The van der Waals surface area contributed by atoms with Crippen molar-refractivity contribution in [3.8, 4) is 28.3 Å². The van der Waals surface area contributed by atoms with Crippen molar-refractivity contribution in [2.45, 2.75) is 0 Å². The molecule has 4 nitrogen and oxygen atoms in total. The van der Waals surface area contributed by atoms with E-state index in [0.717, 1.165) is 38.0 Å². The van der Waals surface area contributed by atoms with Crippen LogP contribution < -0.4 is 0 Å². The Morgan fingerprint density at radius 2 is 1.07 bits per heavy atom. The van der Waals surface area contributed by atoms with Gasteiger partial charge in [-0.2, -0.15) is 0 Å². The van der Waals surface area contributed by atoms with E-state index in [2.05, 4.69) is 179 Å². The molecule has 0 aliphatic heterocycles. The molecule has 13 rings (SSSR count). The van der Waals surface area contributed by atoms with E-state index < -0.39 is 0 Å². The Morgan fingerprint density at radius 3 is 1.91 bits per heavy atom. The molecule has 0 aliphatic carbocycles. The molecule has 0 N–H and O–H groups in total. The first-order chi connectivity index (χ1) is 27.3.